The Morgan fingerprint density at radius 3 is 2.38 bits per heavy atom. The molecule has 0 spiro atoms. The van der Waals surface area contributed by atoms with E-state index in [1.165, 1.54) is 16.7 Å². The lowest BCUT2D eigenvalue weighted by Gasteiger charge is -2.06. The van der Waals surface area contributed by atoms with E-state index in [0.717, 1.165) is 16.6 Å². The Balaban J connectivity index is 2.23. The van der Waals surface area contributed by atoms with Gasteiger partial charge in [0.15, 0.2) is 0 Å². The summed E-state index contributed by atoms with van der Waals surface area (Å²) in [5.41, 5.74) is 10.4. The minimum Gasteiger partial charge on any atom is -0.399 e. The van der Waals surface area contributed by atoms with Crippen molar-refractivity contribution in [3.8, 4) is 0 Å². The molecule has 0 radical (unpaired) electrons. The molecule has 0 aromatic heterocycles. The molecule has 2 aromatic carbocycles. The van der Waals surface area contributed by atoms with Gasteiger partial charge in [0.05, 0.1) is 0 Å². The predicted molar refractivity (Wildman–Crippen MR) is 72.5 cm³/mol. The summed E-state index contributed by atoms with van der Waals surface area (Å²) in [7, 11) is 0. The van der Waals surface area contributed by atoms with Crippen molar-refractivity contribution in [3.63, 3.8) is 0 Å². The zero-order valence-electron chi connectivity index (χ0n) is 9.20. The lowest BCUT2D eigenvalue weighted by atomic mass is 10.0. The van der Waals surface area contributed by atoms with Crippen LogP contribution in [0.25, 0.3) is 0 Å². The van der Waals surface area contributed by atoms with Crippen molar-refractivity contribution in [2.24, 2.45) is 0 Å². The van der Waals surface area contributed by atoms with E-state index < -0.39 is 0 Å². The van der Waals surface area contributed by atoms with E-state index >= 15 is 0 Å². The predicted octanol–water partition coefficient (Wildman–Crippen LogP) is 3.93. The largest absolute Gasteiger partial charge is 0.399 e. The minimum absolute atomic E-state index is 0.791. The Hall–Kier alpha value is -1.28. The van der Waals surface area contributed by atoms with E-state index in [1.807, 2.05) is 12.1 Å². The van der Waals surface area contributed by atoms with Crippen LogP contribution in [0.15, 0.2) is 46.9 Å². The number of benzene rings is 2. The molecular formula is C14H14BrN. The summed E-state index contributed by atoms with van der Waals surface area (Å²) in [6.07, 6.45) is 0.932. The lowest BCUT2D eigenvalue weighted by molar-refractivity contribution is 1.17. The molecule has 0 fully saturated rings. The Morgan fingerprint density at radius 2 is 1.75 bits per heavy atom. The van der Waals surface area contributed by atoms with Gasteiger partial charge in [-0.3, -0.25) is 0 Å². The normalized spacial score (nSPS) is 10.4. The highest BCUT2D eigenvalue weighted by molar-refractivity contribution is 9.10. The summed E-state index contributed by atoms with van der Waals surface area (Å²) in [6.45, 7) is 2.10. The third kappa shape index (κ3) is 2.64. The van der Waals surface area contributed by atoms with Gasteiger partial charge in [-0.05, 0) is 36.6 Å². The molecule has 2 rings (SSSR count). The molecule has 2 aromatic rings. The first kappa shape index (κ1) is 11.2. The van der Waals surface area contributed by atoms with Crippen LogP contribution in [0.2, 0.25) is 0 Å². The molecule has 82 valence electrons. The molecule has 0 bridgehead atoms. The Morgan fingerprint density at radius 1 is 1.06 bits per heavy atom. The van der Waals surface area contributed by atoms with Gasteiger partial charge in [0.2, 0.25) is 0 Å². The van der Waals surface area contributed by atoms with Crippen molar-refractivity contribution in [2.75, 3.05) is 5.73 Å². The zero-order chi connectivity index (χ0) is 11.5. The molecule has 2 N–H and O–H groups in total. The molecule has 0 saturated heterocycles. The molecule has 0 aliphatic heterocycles. The van der Waals surface area contributed by atoms with Crippen LogP contribution in [-0.4, -0.2) is 0 Å². The fourth-order valence-electron chi connectivity index (χ4n) is 1.63. The highest BCUT2D eigenvalue weighted by Gasteiger charge is 2.01. The third-order valence-corrected chi connectivity index (χ3v) is 3.33. The maximum atomic E-state index is 5.71. The molecule has 16 heavy (non-hydrogen) atoms. The van der Waals surface area contributed by atoms with Crippen LogP contribution in [0.4, 0.5) is 5.69 Å². The van der Waals surface area contributed by atoms with Crippen molar-refractivity contribution >= 4 is 21.6 Å². The Kier molecular flexibility index (Phi) is 3.30. The van der Waals surface area contributed by atoms with E-state index in [2.05, 4.69) is 53.2 Å². The maximum Gasteiger partial charge on any atom is 0.0325 e. The number of hydrogen-bond donors (Lipinski definition) is 1. The quantitative estimate of drug-likeness (QED) is 0.826. The molecular weight excluding hydrogens is 262 g/mol. The van der Waals surface area contributed by atoms with Gasteiger partial charge >= 0.3 is 0 Å². The van der Waals surface area contributed by atoms with Gasteiger partial charge < -0.3 is 5.73 Å². The first-order chi connectivity index (χ1) is 7.65. The summed E-state index contributed by atoms with van der Waals surface area (Å²) in [5, 5.41) is 0. The van der Waals surface area contributed by atoms with Crippen LogP contribution in [0.5, 0.6) is 0 Å². The molecule has 0 aliphatic carbocycles. The fourth-order valence-corrected chi connectivity index (χ4v) is 2.17. The molecule has 1 nitrogen and oxygen atoms in total. The SMILES string of the molecule is Cc1ccc(Cc2ccc(N)cc2Br)cc1. The summed E-state index contributed by atoms with van der Waals surface area (Å²) >= 11 is 3.54. The van der Waals surface area contributed by atoms with Crippen LogP contribution >= 0.6 is 15.9 Å². The number of nitrogen functional groups attached to an aromatic ring is 1. The van der Waals surface area contributed by atoms with Crippen molar-refractivity contribution in [1.82, 2.24) is 0 Å². The van der Waals surface area contributed by atoms with Gasteiger partial charge in [-0.2, -0.15) is 0 Å². The molecule has 0 amide bonds. The summed E-state index contributed by atoms with van der Waals surface area (Å²) < 4.78 is 1.08. The number of halogens is 1. The molecule has 0 heterocycles. The molecule has 0 unspecified atom stereocenters. The average Bonchev–Trinajstić information content (AvgIpc) is 2.25. The zero-order valence-corrected chi connectivity index (χ0v) is 10.8. The van der Waals surface area contributed by atoms with Crippen LogP contribution in [0.1, 0.15) is 16.7 Å². The van der Waals surface area contributed by atoms with Crippen LogP contribution in [0, 0.1) is 6.92 Å². The van der Waals surface area contributed by atoms with Gasteiger partial charge in [0.1, 0.15) is 0 Å². The summed E-state index contributed by atoms with van der Waals surface area (Å²) in [4.78, 5) is 0. The highest BCUT2D eigenvalue weighted by Crippen LogP contribution is 2.22. The Labute approximate surface area is 104 Å². The lowest BCUT2D eigenvalue weighted by Crippen LogP contribution is -1.92. The van der Waals surface area contributed by atoms with Crippen molar-refractivity contribution < 1.29 is 0 Å². The average molecular weight is 276 g/mol. The van der Waals surface area contributed by atoms with Crippen LogP contribution in [0.3, 0.4) is 0 Å². The van der Waals surface area contributed by atoms with Crippen LogP contribution < -0.4 is 5.73 Å². The second kappa shape index (κ2) is 4.71. The van der Waals surface area contributed by atoms with Gasteiger partial charge in [-0.1, -0.05) is 51.8 Å². The second-order valence-corrected chi connectivity index (χ2v) is 4.87. The minimum atomic E-state index is 0.791. The molecule has 0 saturated carbocycles. The van der Waals surface area contributed by atoms with Crippen molar-refractivity contribution in [1.29, 1.82) is 0 Å². The Bertz CT molecular complexity index is 489. The van der Waals surface area contributed by atoms with E-state index in [1.54, 1.807) is 0 Å². The van der Waals surface area contributed by atoms with E-state index in [4.69, 9.17) is 5.73 Å². The van der Waals surface area contributed by atoms with Gasteiger partial charge in [-0.15, -0.1) is 0 Å². The monoisotopic (exact) mass is 275 g/mol. The number of aryl methyl sites for hydroxylation is 1. The molecule has 0 aliphatic rings. The van der Waals surface area contributed by atoms with Crippen molar-refractivity contribution in [2.45, 2.75) is 13.3 Å². The number of hydrogen-bond acceptors (Lipinski definition) is 1. The smallest absolute Gasteiger partial charge is 0.0325 e. The molecule has 0 atom stereocenters. The molecule has 2 heteroatoms. The van der Waals surface area contributed by atoms with Gasteiger partial charge in [-0.25, -0.2) is 0 Å². The van der Waals surface area contributed by atoms with E-state index in [-0.39, 0.29) is 0 Å². The van der Waals surface area contributed by atoms with Crippen LogP contribution in [-0.2, 0) is 6.42 Å². The van der Waals surface area contributed by atoms with Crippen molar-refractivity contribution in [3.05, 3.63) is 63.6 Å². The second-order valence-electron chi connectivity index (χ2n) is 4.01. The van der Waals surface area contributed by atoms with Gasteiger partial charge in [0.25, 0.3) is 0 Å². The maximum absolute atomic E-state index is 5.71. The standard InChI is InChI=1S/C14H14BrN/c1-10-2-4-11(5-3-10)8-12-6-7-13(16)9-14(12)15/h2-7,9H,8,16H2,1H3. The van der Waals surface area contributed by atoms with Gasteiger partial charge in [0, 0.05) is 10.2 Å². The highest BCUT2D eigenvalue weighted by atomic mass is 79.9. The van der Waals surface area contributed by atoms with E-state index in [9.17, 15) is 0 Å². The first-order valence-corrected chi connectivity index (χ1v) is 6.04. The first-order valence-electron chi connectivity index (χ1n) is 5.24. The fraction of sp³-hybridized carbons (Fsp3) is 0.143. The summed E-state index contributed by atoms with van der Waals surface area (Å²) in [5.74, 6) is 0. The van der Waals surface area contributed by atoms with E-state index in [0.29, 0.717) is 0 Å². The number of nitrogens with two attached hydrogens (primary N) is 1. The third-order valence-electron chi connectivity index (χ3n) is 2.59. The number of anilines is 1. The number of rotatable bonds is 2. The summed E-state index contributed by atoms with van der Waals surface area (Å²) in [6, 6.07) is 14.6. The topological polar surface area (TPSA) is 26.0 Å².